The van der Waals surface area contributed by atoms with Crippen LogP contribution < -0.4 is 10.6 Å². The van der Waals surface area contributed by atoms with E-state index >= 15 is 0 Å². The van der Waals surface area contributed by atoms with Crippen molar-refractivity contribution < 1.29 is 4.74 Å². The molecule has 2 N–H and O–H groups in total. The molecular formula is C22H35N3O. The Morgan fingerprint density at radius 2 is 1.88 bits per heavy atom. The number of piperidine rings is 1. The van der Waals surface area contributed by atoms with Gasteiger partial charge in [-0.3, -0.25) is 4.90 Å². The molecule has 3 unspecified atom stereocenters. The van der Waals surface area contributed by atoms with Crippen LogP contribution in [0.2, 0.25) is 0 Å². The Morgan fingerprint density at radius 3 is 2.69 bits per heavy atom. The highest BCUT2D eigenvalue weighted by atomic mass is 16.5. The van der Waals surface area contributed by atoms with E-state index in [1.807, 2.05) is 0 Å². The molecule has 0 aromatic heterocycles. The first-order valence-corrected chi connectivity index (χ1v) is 10.7. The summed E-state index contributed by atoms with van der Waals surface area (Å²) >= 11 is 0. The molecule has 2 saturated heterocycles. The zero-order valence-corrected chi connectivity index (χ0v) is 16.1. The van der Waals surface area contributed by atoms with E-state index in [1.54, 1.807) is 0 Å². The highest BCUT2D eigenvalue weighted by Gasteiger charge is 2.34. The molecule has 1 saturated carbocycles. The number of hydrogen-bond donors (Lipinski definition) is 2. The highest BCUT2D eigenvalue weighted by Crippen LogP contribution is 2.30. The van der Waals surface area contributed by atoms with E-state index in [4.69, 9.17) is 4.74 Å². The summed E-state index contributed by atoms with van der Waals surface area (Å²) in [7, 11) is 0. The van der Waals surface area contributed by atoms with Gasteiger partial charge in [0.05, 0.1) is 13.2 Å². The van der Waals surface area contributed by atoms with E-state index in [1.165, 1.54) is 62.7 Å². The quantitative estimate of drug-likeness (QED) is 0.821. The molecule has 4 heteroatoms. The second-order valence-corrected chi connectivity index (χ2v) is 8.32. The predicted octanol–water partition coefficient (Wildman–Crippen LogP) is 2.92. The molecule has 0 spiro atoms. The van der Waals surface area contributed by atoms with Crippen LogP contribution in [0, 0.1) is 5.92 Å². The van der Waals surface area contributed by atoms with Gasteiger partial charge in [-0.05, 0) is 55.8 Å². The normalized spacial score (nSPS) is 30.5. The first kappa shape index (κ1) is 18.4. The fraction of sp³-hybridized carbons (Fsp3) is 0.727. The molecule has 1 aromatic carbocycles. The molecule has 0 amide bonds. The van der Waals surface area contributed by atoms with Crippen molar-refractivity contribution in [2.45, 2.75) is 63.7 Å². The van der Waals surface area contributed by atoms with Crippen LogP contribution >= 0.6 is 0 Å². The van der Waals surface area contributed by atoms with Gasteiger partial charge in [0, 0.05) is 31.7 Å². The van der Waals surface area contributed by atoms with Crippen molar-refractivity contribution in [2.24, 2.45) is 5.92 Å². The van der Waals surface area contributed by atoms with Gasteiger partial charge in [-0.2, -0.15) is 0 Å². The SMILES string of the molecule is c1ccc(CN2CCCCC2)c(CNC2CCCC2C2COCCN2)c1. The standard InChI is InChI=1S/C22H35N3O/c1-4-12-25(13-5-1)16-19-8-3-2-7-18(19)15-24-21-10-6-9-20(21)22-17-26-14-11-23-22/h2-3,7-8,20-24H,1,4-6,9-17H2. The maximum Gasteiger partial charge on any atom is 0.0623 e. The van der Waals surface area contributed by atoms with Crippen LogP contribution in [0.25, 0.3) is 0 Å². The molecule has 1 aliphatic carbocycles. The minimum Gasteiger partial charge on any atom is -0.379 e. The van der Waals surface area contributed by atoms with Crippen molar-refractivity contribution in [3.63, 3.8) is 0 Å². The Balaban J connectivity index is 1.35. The van der Waals surface area contributed by atoms with Crippen LogP contribution in [0.15, 0.2) is 24.3 Å². The average molecular weight is 358 g/mol. The molecule has 0 bridgehead atoms. The Labute approximate surface area is 158 Å². The van der Waals surface area contributed by atoms with E-state index in [2.05, 4.69) is 39.8 Å². The maximum absolute atomic E-state index is 5.71. The van der Waals surface area contributed by atoms with Crippen LogP contribution in [0.5, 0.6) is 0 Å². The fourth-order valence-electron chi connectivity index (χ4n) is 5.07. The molecule has 3 fully saturated rings. The molecular weight excluding hydrogens is 322 g/mol. The van der Waals surface area contributed by atoms with Crippen molar-refractivity contribution in [1.82, 2.24) is 15.5 Å². The number of ether oxygens (including phenoxy) is 1. The average Bonchev–Trinajstić information content (AvgIpc) is 3.17. The van der Waals surface area contributed by atoms with Gasteiger partial charge in [-0.1, -0.05) is 37.1 Å². The molecule has 4 rings (SSSR count). The minimum absolute atomic E-state index is 0.535. The van der Waals surface area contributed by atoms with E-state index in [0.29, 0.717) is 18.0 Å². The summed E-state index contributed by atoms with van der Waals surface area (Å²) < 4.78 is 5.71. The lowest BCUT2D eigenvalue weighted by molar-refractivity contribution is 0.0524. The predicted molar refractivity (Wildman–Crippen MR) is 106 cm³/mol. The van der Waals surface area contributed by atoms with Gasteiger partial charge in [-0.15, -0.1) is 0 Å². The first-order valence-electron chi connectivity index (χ1n) is 10.7. The molecule has 4 nitrogen and oxygen atoms in total. The second-order valence-electron chi connectivity index (χ2n) is 8.32. The fourth-order valence-corrected chi connectivity index (χ4v) is 5.07. The van der Waals surface area contributed by atoms with Crippen molar-refractivity contribution in [3.8, 4) is 0 Å². The molecule has 3 atom stereocenters. The lowest BCUT2D eigenvalue weighted by Crippen LogP contribution is -2.50. The minimum atomic E-state index is 0.535. The number of nitrogens with one attached hydrogen (secondary N) is 2. The van der Waals surface area contributed by atoms with Crippen LogP contribution in [0.3, 0.4) is 0 Å². The zero-order chi connectivity index (χ0) is 17.6. The van der Waals surface area contributed by atoms with Crippen LogP contribution in [-0.2, 0) is 17.8 Å². The Morgan fingerprint density at radius 1 is 1.04 bits per heavy atom. The van der Waals surface area contributed by atoms with Crippen molar-refractivity contribution in [2.75, 3.05) is 32.8 Å². The van der Waals surface area contributed by atoms with Gasteiger partial charge in [0.25, 0.3) is 0 Å². The lowest BCUT2D eigenvalue weighted by atomic mass is 9.93. The van der Waals surface area contributed by atoms with Gasteiger partial charge in [0.15, 0.2) is 0 Å². The summed E-state index contributed by atoms with van der Waals surface area (Å²) in [5.74, 6) is 0.713. The third kappa shape index (κ3) is 4.66. The molecule has 0 radical (unpaired) electrons. The van der Waals surface area contributed by atoms with Gasteiger partial charge < -0.3 is 15.4 Å². The zero-order valence-electron chi connectivity index (χ0n) is 16.1. The topological polar surface area (TPSA) is 36.5 Å². The van der Waals surface area contributed by atoms with Crippen LogP contribution in [0.4, 0.5) is 0 Å². The van der Waals surface area contributed by atoms with Crippen LogP contribution in [-0.4, -0.2) is 49.8 Å². The smallest absolute Gasteiger partial charge is 0.0623 e. The number of nitrogens with zero attached hydrogens (tertiary/aromatic N) is 1. The largest absolute Gasteiger partial charge is 0.379 e. The number of benzene rings is 1. The van der Waals surface area contributed by atoms with E-state index in [0.717, 1.165) is 32.8 Å². The van der Waals surface area contributed by atoms with Crippen LogP contribution in [0.1, 0.15) is 49.7 Å². The molecule has 1 aromatic rings. The monoisotopic (exact) mass is 357 g/mol. The number of hydrogen-bond acceptors (Lipinski definition) is 4. The molecule has 2 aliphatic heterocycles. The Hall–Kier alpha value is -0.940. The highest BCUT2D eigenvalue weighted by molar-refractivity contribution is 5.27. The Bertz CT molecular complexity index is 552. The summed E-state index contributed by atoms with van der Waals surface area (Å²) in [6.45, 7) is 7.40. The molecule has 2 heterocycles. The van der Waals surface area contributed by atoms with Gasteiger partial charge in [0.1, 0.15) is 0 Å². The number of morpholine rings is 1. The summed E-state index contributed by atoms with van der Waals surface area (Å²) in [4.78, 5) is 2.63. The van der Waals surface area contributed by atoms with Crippen molar-refractivity contribution >= 4 is 0 Å². The van der Waals surface area contributed by atoms with E-state index in [9.17, 15) is 0 Å². The third-order valence-corrected chi connectivity index (χ3v) is 6.55. The summed E-state index contributed by atoms with van der Waals surface area (Å²) in [6, 6.07) is 10.2. The van der Waals surface area contributed by atoms with Crippen molar-refractivity contribution in [3.05, 3.63) is 35.4 Å². The van der Waals surface area contributed by atoms with Gasteiger partial charge in [-0.25, -0.2) is 0 Å². The molecule has 144 valence electrons. The Kier molecular flexibility index (Phi) is 6.60. The van der Waals surface area contributed by atoms with Gasteiger partial charge >= 0.3 is 0 Å². The van der Waals surface area contributed by atoms with Gasteiger partial charge in [0.2, 0.25) is 0 Å². The lowest BCUT2D eigenvalue weighted by Gasteiger charge is -2.33. The first-order chi connectivity index (χ1) is 12.9. The van der Waals surface area contributed by atoms with E-state index in [-0.39, 0.29) is 0 Å². The second kappa shape index (κ2) is 9.32. The number of likely N-dealkylation sites (tertiary alicyclic amines) is 1. The third-order valence-electron chi connectivity index (χ3n) is 6.55. The van der Waals surface area contributed by atoms with Crippen molar-refractivity contribution in [1.29, 1.82) is 0 Å². The summed E-state index contributed by atoms with van der Waals surface area (Å²) in [5, 5.41) is 7.59. The molecule has 3 aliphatic rings. The summed E-state index contributed by atoms with van der Waals surface area (Å²) in [5.41, 5.74) is 2.99. The maximum atomic E-state index is 5.71. The number of rotatable bonds is 6. The summed E-state index contributed by atoms with van der Waals surface area (Å²) in [6.07, 6.45) is 8.10. The molecule has 26 heavy (non-hydrogen) atoms. The van der Waals surface area contributed by atoms with E-state index < -0.39 is 0 Å².